The molecule has 40 heavy (non-hydrogen) atoms. The second-order valence-electron chi connectivity index (χ2n) is 12.8. The molecule has 0 aromatic heterocycles. The molecule has 0 spiro atoms. The van der Waals surface area contributed by atoms with Crippen LogP contribution in [0.4, 0.5) is 4.39 Å². The molecule has 3 atom stereocenters. The van der Waals surface area contributed by atoms with Gasteiger partial charge in [-0.05, 0) is 73.3 Å². The van der Waals surface area contributed by atoms with E-state index in [2.05, 4.69) is 25.7 Å². The fraction of sp³-hybridized carbons (Fsp3) is 0.485. The van der Waals surface area contributed by atoms with Crippen LogP contribution in [0.15, 0.2) is 59.8 Å². The van der Waals surface area contributed by atoms with E-state index < -0.39 is 17.7 Å². The van der Waals surface area contributed by atoms with Crippen molar-refractivity contribution in [2.45, 2.75) is 78.8 Å². The number of amides is 2. The lowest BCUT2D eigenvalue weighted by atomic mass is 9.65. The highest BCUT2D eigenvalue weighted by Crippen LogP contribution is 2.52. The molecule has 2 heterocycles. The average Bonchev–Trinajstić information content (AvgIpc) is 3.15. The molecule has 2 bridgehead atoms. The van der Waals surface area contributed by atoms with Crippen LogP contribution in [0.1, 0.15) is 87.7 Å². The first kappa shape index (κ1) is 28.1. The van der Waals surface area contributed by atoms with Crippen molar-refractivity contribution in [1.82, 2.24) is 9.80 Å². The molecule has 2 fully saturated rings. The molecule has 2 aromatic carbocycles. The molecule has 1 aliphatic carbocycles. The highest BCUT2D eigenvalue weighted by molar-refractivity contribution is 5.96. The molecule has 6 nitrogen and oxygen atoms in total. The predicted molar refractivity (Wildman–Crippen MR) is 151 cm³/mol. The number of fused-ring (bicyclic) bond motifs is 2. The summed E-state index contributed by atoms with van der Waals surface area (Å²) in [5.74, 6) is -1.85. The van der Waals surface area contributed by atoms with Crippen molar-refractivity contribution in [3.8, 4) is 0 Å². The Balaban J connectivity index is 1.37. The summed E-state index contributed by atoms with van der Waals surface area (Å²) in [4.78, 5) is 43.5. The van der Waals surface area contributed by atoms with E-state index in [1.165, 1.54) is 6.07 Å². The van der Waals surface area contributed by atoms with Crippen LogP contribution in [0.2, 0.25) is 0 Å². The first-order valence-corrected chi connectivity index (χ1v) is 14.2. The van der Waals surface area contributed by atoms with Crippen LogP contribution >= 0.6 is 0 Å². The minimum atomic E-state index is -0.712. The van der Waals surface area contributed by atoms with Crippen molar-refractivity contribution in [3.63, 3.8) is 0 Å². The van der Waals surface area contributed by atoms with E-state index in [9.17, 15) is 18.8 Å². The SMILES string of the molecule is CCOC(=O)C1=C(C)N(Cc2ccc(C(=O)N3CC4(C)CC3CC(C)(C)C4)cc2)C(=O)CC1c1ccccc1F. The topological polar surface area (TPSA) is 66.9 Å². The number of likely N-dealkylation sites (tertiary alicyclic amines) is 1. The van der Waals surface area contributed by atoms with Crippen molar-refractivity contribution in [2.75, 3.05) is 13.2 Å². The molecule has 3 unspecified atom stereocenters. The number of ether oxygens (including phenoxy) is 1. The number of carbonyl (C=O) groups excluding carboxylic acids is 3. The number of allylic oxidation sites excluding steroid dienone is 1. The highest BCUT2D eigenvalue weighted by Gasteiger charge is 2.51. The summed E-state index contributed by atoms with van der Waals surface area (Å²) in [6.45, 7) is 11.5. The lowest BCUT2D eigenvalue weighted by Gasteiger charge is -2.39. The van der Waals surface area contributed by atoms with Gasteiger partial charge in [0.05, 0.1) is 18.7 Å². The van der Waals surface area contributed by atoms with E-state index >= 15 is 0 Å². The Hall–Kier alpha value is -3.48. The van der Waals surface area contributed by atoms with Gasteiger partial charge in [0.1, 0.15) is 5.82 Å². The quantitative estimate of drug-likeness (QED) is 0.404. The molecule has 0 N–H and O–H groups in total. The maximum absolute atomic E-state index is 14.7. The fourth-order valence-corrected chi connectivity index (χ4v) is 7.50. The maximum atomic E-state index is 14.7. The van der Waals surface area contributed by atoms with Crippen molar-refractivity contribution in [3.05, 3.63) is 82.3 Å². The third kappa shape index (κ3) is 5.30. The number of benzene rings is 2. The van der Waals surface area contributed by atoms with Crippen molar-refractivity contribution in [1.29, 1.82) is 0 Å². The van der Waals surface area contributed by atoms with Gasteiger partial charge >= 0.3 is 5.97 Å². The zero-order valence-corrected chi connectivity index (χ0v) is 24.1. The zero-order chi connectivity index (χ0) is 28.8. The van der Waals surface area contributed by atoms with Crippen LogP contribution in [0, 0.1) is 16.6 Å². The summed E-state index contributed by atoms with van der Waals surface area (Å²) in [5.41, 5.74) is 2.95. The molecule has 2 aromatic rings. The first-order chi connectivity index (χ1) is 18.9. The lowest BCUT2D eigenvalue weighted by Crippen LogP contribution is -2.38. The lowest BCUT2D eigenvalue weighted by molar-refractivity contribution is -0.140. The molecule has 212 valence electrons. The van der Waals surface area contributed by atoms with Crippen LogP contribution in [0.25, 0.3) is 0 Å². The fourth-order valence-electron chi connectivity index (χ4n) is 7.50. The average molecular weight is 547 g/mol. The molecule has 3 aliphatic rings. The van der Waals surface area contributed by atoms with Crippen LogP contribution in [0.5, 0.6) is 0 Å². The van der Waals surface area contributed by atoms with Crippen LogP contribution in [0.3, 0.4) is 0 Å². The third-order valence-electron chi connectivity index (χ3n) is 8.82. The van der Waals surface area contributed by atoms with Crippen molar-refractivity contribution < 1.29 is 23.5 Å². The normalized spacial score (nSPS) is 25.8. The number of halogens is 1. The second kappa shape index (κ2) is 10.5. The zero-order valence-electron chi connectivity index (χ0n) is 24.1. The molecule has 5 rings (SSSR count). The van der Waals surface area contributed by atoms with E-state index in [4.69, 9.17) is 4.74 Å². The van der Waals surface area contributed by atoms with Gasteiger partial charge in [-0.1, -0.05) is 51.1 Å². The van der Waals surface area contributed by atoms with Gasteiger partial charge in [0.15, 0.2) is 0 Å². The smallest absolute Gasteiger partial charge is 0.336 e. The van der Waals surface area contributed by atoms with Gasteiger partial charge in [0, 0.05) is 36.2 Å². The minimum absolute atomic E-state index is 0.0333. The molecule has 2 aliphatic heterocycles. The van der Waals surface area contributed by atoms with Gasteiger partial charge in [0.25, 0.3) is 5.91 Å². The Morgan fingerprint density at radius 1 is 1.05 bits per heavy atom. The van der Waals surface area contributed by atoms with Crippen LogP contribution in [-0.4, -0.2) is 46.8 Å². The third-order valence-corrected chi connectivity index (χ3v) is 8.82. The Bertz CT molecular complexity index is 1360. The number of carbonyl (C=O) groups is 3. The van der Waals surface area contributed by atoms with Gasteiger partial charge in [-0.25, -0.2) is 9.18 Å². The van der Waals surface area contributed by atoms with E-state index in [-0.39, 0.29) is 48.3 Å². The van der Waals surface area contributed by atoms with Crippen molar-refractivity contribution >= 4 is 17.8 Å². The van der Waals surface area contributed by atoms with E-state index in [0.29, 0.717) is 22.4 Å². The number of rotatable bonds is 6. The Labute approximate surface area is 236 Å². The molecule has 0 radical (unpaired) electrons. The number of nitrogens with zero attached hydrogens (tertiary/aromatic N) is 2. The van der Waals surface area contributed by atoms with Crippen LogP contribution in [-0.2, 0) is 20.9 Å². The number of hydrogen-bond donors (Lipinski definition) is 0. The van der Waals surface area contributed by atoms with Gasteiger partial charge in [-0.3, -0.25) is 9.59 Å². The summed E-state index contributed by atoms with van der Waals surface area (Å²) in [5, 5.41) is 0. The van der Waals surface area contributed by atoms with Crippen LogP contribution < -0.4 is 0 Å². The first-order valence-electron chi connectivity index (χ1n) is 14.2. The largest absolute Gasteiger partial charge is 0.463 e. The number of hydrogen-bond acceptors (Lipinski definition) is 4. The summed E-state index contributed by atoms with van der Waals surface area (Å²) in [6, 6.07) is 13.9. The maximum Gasteiger partial charge on any atom is 0.336 e. The predicted octanol–water partition coefficient (Wildman–Crippen LogP) is 6.22. The van der Waals surface area contributed by atoms with Crippen molar-refractivity contribution in [2.24, 2.45) is 10.8 Å². The highest BCUT2D eigenvalue weighted by atomic mass is 19.1. The van der Waals surface area contributed by atoms with Gasteiger partial charge in [0.2, 0.25) is 5.91 Å². The van der Waals surface area contributed by atoms with Gasteiger partial charge in [-0.2, -0.15) is 0 Å². The summed E-state index contributed by atoms with van der Waals surface area (Å²) in [6.07, 6.45) is 3.17. The molecule has 1 saturated heterocycles. The summed E-state index contributed by atoms with van der Waals surface area (Å²) < 4.78 is 20.0. The van der Waals surface area contributed by atoms with E-state index in [1.807, 2.05) is 24.3 Å². The number of esters is 1. The molecular weight excluding hydrogens is 507 g/mol. The molecule has 7 heteroatoms. The summed E-state index contributed by atoms with van der Waals surface area (Å²) >= 11 is 0. The Morgan fingerprint density at radius 3 is 2.42 bits per heavy atom. The second-order valence-corrected chi connectivity index (χ2v) is 12.8. The van der Waals surface area contributed by atoms with E-state index in [0.717, 1.165) is 31.4 Å². The Morgan fingerprint density at radius 2 is 1.75 bits per heavy atom. The van der Waals surface area contributed by atoms with Gasteiger partial charge < -0.3 is 14.5 Å². The standard InChI is InChI=1S/C33H39FN2O4/c1-6-40-31(39)29-21(2)35(28(37)15-26(29)25-9-7-8-10-27(25)34)18-22-11-13-23(14-12-22)30(38)36-20-33(5)17-24(36)16-32(3,4)19-33/h7-14,24,26H,6,15-20H2,1-5H3. The van der Waals surface area contributed by atoms with Gasteiger partial charge in [-0.15, -0.1) is 0 Å². The molecular formula is C33H39FN2O4. The Kier molecular flexibility index (Phi) is 7.36. The monoisotopic (exact) mass is 546 g/mol. The summed E-state index contributed by atoms with van der Waals surface area (Å²) in [7, 11) is 0. The van der Waals surface area contributed by atoms with E-state index in [1.54, 1.807) is 36.9 Å². The molecule has 2 amide bonds. The minimum Gasteiger partial charge on any atom is -0.463 e. The molecule has 1 saturated carbocycles.